The summed E-state index contributed by atoms with van der Waals surface area (Å²) in [6, 6.07) is 11.3. The van der Waals surface area contributed by atoms with E-state index in [1.165, 1.54) is 17.0 Å². The summed E-state index contributed by atoms with van der Waals surface area (Å²) >= 11 is 0. The SMILES string of the molecule is Cc1cc(C)cc(OCC(=O)N(Cc2ccc(F)cc2)[C@@H](C)C(=O)NC2CCCC2)c1. The fourth-order valence-corrected chi connectivity index (χ4v) is 4.01. The van der Waals surface area contributed by atoms with E-state index >= 15 is 0 Å². The number of carbonyl (C=O) groups excluding carboxylic acids is 2. The number of nitrogens with one attached hydrogen (secondary N) is 1. The Morgan fingerprint density at radius 1 is 1.10 bits per heavy atom. The first kappa shape index (κ1) is 22.8. The largest absolute Gasteiger partial charge is 0.484 e. The Bertz CT molecular complexity index is 887. The highest BCUT2D eigenvalue weighted by Crippen LogP contribution is 2.19. The topological polar surface area (TPSA) is 58.6 Å². The molecule has 0 radical (unpaired) electrons. The lowest BCUT2D eigenvalue weighted by Gasteiger charge is -2.29. The smallest absolute Gasteiger partial charge is 0.261 e. The Balaban J connectivity index is 1.72. The first-order chi connectivity index (χ1) is 14.8. The van der Waals surface area contributed by atoms with Gasteiger partial charge in [-0.3, -0.25) is 9.59 Å². The van der Waals surface area contributed by atoms with E-state index in [2.05, 4.69) is 5.32 Å². The van der Waals surface area contributed by atoms with Crippen LogP contribution < -0.4 is 10.1 Å². The van der Waals surface area contributed by atoms with E-state index in [1.807, 2.05) is 32.0 Å². The van der Waals surface area contributed by atoms with Gasteiger partial charge in [-0.05, 0) is 74.6 Å². The highest BCUT2D eigenvalue weighted by Gasteiger charge is 2.28. The molecular weight excluding hydrogens is 395 g/mol. The normalized spacial score (nSPS) is 14.8. The van der Waals surface area contributed by atoms with Crippen molar-refractivity contribution in [1.29, 1.82) is 0 Å². The van der Waals surface area contributed by atoms with Gasteiger partial charge in [-0.1, -0.05) is 31.0 Å². The van der Waals surface area contributed by atoms with Gasteiger partial charge in [0.05, 0.1) is 0 Å². The van der Waals surface area contributed by atoms with Gasteiger partial charge in [-0.2, -0.15) is 0 Å². The number of benzene rings is 2. The molecule has 1 saturated carbocycles. The summed E-state index contributed by atoms with van der Waals surface area (Å²) in [6.07, 6.45) is 4.17. The molecule has 3 rings (SSSR count). The summed E-state index contributed by atoms with van der Waals surface area (Å²) in [5, 5.41) is 3.06. The zero-order valence-electron chi connectivity index (χ0n) is 18.5. The van der Waals surface area contributed by atoms with Crippen molar-refractivity contribution in [3.63, 3.8) is 0 Å². The zero-order chi connectivity index (χ0) is 22.4. The average molecular weight is 427 g/mol. The van der Waals surface area contributed by atoms with Crippen LogP contribution in [0, 0.1) is 19.7 Å². The number of hydrogen-bond donors (Lipinski definition) is 1. The first-order valence-corrected chi connectivity index (χ1v) is 10.9. The molecule has 1 aliphatic carbocycles. The van der Waals surface area contributed by atoms with Crippen molar-refractivity contribution < 1.29 is 18.7 Å². The van der Waals surface area contributed by atoms with Crippen molar-refractivity contribution in [2.45, 2.75) is 65.1 Å². The Kier molecular flexibility index (Phi) is 7.66. The third kappa shape index (κ3) is 6.54. The molecule has 0 aromatic heterocycles. The minimum absolute atomic E-state index is 0.171. The minimum Gasteiger partial charge on any atom is -0.484 e. The van der Waals surface area contributed by atoms with Crippen LogP contribution >= 0.6 is 0 Å². The fourth-order valence-electron chi connectivity index (χ4n) is 4.01. The molecule has 1 N–H and O–H groups in total. The quantitative estimate of drug-likeness (QED) is 0.685. The lowest BCUT2D eigenvalue weighted by atomic mass is 10.1. The average Bonchev–Trinajstić information content (AvgIpc) is 3.23. The second kappa shape index (κ2) is 10.4. The number of rotatable bonds is 8. The van der Waals surface area contributed by atoms with Crippen molar-refractivity contribution in [2.75, 3.05) is 6.61 Å². The Labute approximate surface area is 183 Å². The second-order valence-corrected chi connectivity index (χ2v) is 8.43. The predicted molar refractivity (Wildman–Crippen MR) is 118 cm³/mol. The number of carbonyl (C=O) groups is 2. The van der Waals surface area contributed by atoms with Crippen LogP contribution in [0.1, 0.15) is 49.3 Å². The van der Waals surface area contributed by atoms with Gasteiger partial charge in [0, 0.05) is 12.6 Å². The van der Waals surface area contributed by atoms with Crippen LogP contribution in [0.15, 0.2) is 42.5 Å². The molecule has 31 heavy (non-hydrogen) atoms. The molecule has 0 heterocycles. The summed E-state index contributed by atoms with van der Waals surface area (Å²) in [5.74, 6) is -0.186. The zero-order valence-corrected chi connectivity index (χ0v) is 18.5. The van der Waals surface area contributed by atoms with Gasteiger partial charge in [0.25, 0.3) is 5.91 Å². The standard InChI is InChI=1S/C25H31FN2O3/c1-17-12-18(2)14-23(13-17)31-16-24(29)28(15-20-8-10-21(26)11-9-20)19(3)25(30)27-22-6-4-5-7-22/h8-14,19,22H,4-7,15-16H2,1-3H3,(H,27,30)/t19-/m0/s1. The van der Waals surface area contributed by atoms with Gasteiger partial charge >= 0.3 is 0 Å². The molecule has 1 fully saturated rings. The van der Waals surface area contributed by atoms with Crippen molar-refractivity contribution in [2.24, 2.45) is 0 Å². The molecule has 2 aromatic carbocycles. The lowest BCUT2D eigenvalue weighted by Crippen LogP contribution is -2.50. The monoisotopic (exact) mass is 426 g/mol. The molecule has 5 nitrogen and oxygen atoms in total. The summed E-state index contributed by atoms with van der Waals surface area (Å²) in [5.41, 5.74) is 2.85. The maximum atomic E-state index is 13.3. The lowest BCUT2D eigenvalue weighted by molar-refractivity contribution is -0.142. The van der Waals surface area contributed by atoms with Gasteiger partial charge in [0.1, 0.15) is 17.6 Å². The molecule has 2 aromatic rings. The third-order valence-electron chi connectivity index (χ3n) is 5.69. The maximum absolute atomic E-state index is 13.3. The molecule has 0 bridgehead atoms. The molecule has 1 aliphatic rings. The van der Waals surface area contributed by atoms with Gasteiger partial charge in [-0.25, -0.2) is 4.39 Å². The highest BCUT2D eigenvalue weighted by molar-refractivity contribution is 5.88. The molecule has 0 saturated heterocycles. The van der Waals surface area contributed by atoms with E-state index in [0.29, 0.717) is 5.75 Å². The Morgan fingerprint density at radius 3 is 2.32 bits per heavy atom. The molecule has 6 heteroatoms. The van der Waals surface area contributed by atoms with Crippen LogP contribution in [-0.4, -0.2) is 35.4 Å². The highest BCUT2D eigenvalue weighted by atomic mass is 19.1. The minimum atomic E-state index is -0.666. The van der Waals surface area contributed by atoms with Crippen molar-refractivity contribution in [1.82, 2.24) is 10.2 Å². The Morgan fingerprint density at radius 2 is 1.71 bits per heavy atom. The van der Waals surface area contributed by atoms with E-state index in [4.69, 9.17) is 4.74 Å². The number of halogens is 1. The summed E-state index contributed by atoms with van der Waals surface area (Å²) < 4.78 is 19.1. The van der Waals surface area contributed by atoms with E-state index in [-0.39, 0.29) is 36.8 Å². The molecule has 1 atom stereocenters. The number of nitrogens with zero attached hydrogens (tertiary/aromatic N) is 1. The summed E-state index contributed by atoms with van der Waals surface area (Å²) in [4.78, 5) is 27.4. The van der Waals surface area contributed by atoms with Crippen molar-refractivity contribution in [3.8, 4) is 5.75 Å². The molecule has 2 amide bonds. The van der Waals surface area contributed by atoms with Crippen LogP contribution in [0.3, 0.4) is 0 Å². The van der Waals surface area contributed by atoms with Crippen LogP contribution in [0.2, 0.25) is 0 Å². The number of amides is 2. The molecule has 0 unspecified atom stereocenters. The van der Waals surface area contributed by atoms with Crippen LogP contribution in [0.4, 0.5) is 4.39 Å². The molecular formula is C25H31FN2O3. The number of hydrogen-bond acceptors (Lipinski definition) is 3. The van der Waals surface area contributed by atoms with E-state index in [0.717, 1.165) is 42.4 Å². The van der Waals surface area contributed by atoms with Gasteiger partial charge in [0.2, 0.25) is 5.91 Å². The first-order valence-electron chi connectivity index (χ1n) is 10.9. The summed E-state index contributed by atoms with van der Waals surface area (Å²) in [7, 11) is 0. The Hall–Kier alpha value is -2.89. The van der Waals surface area contributed by atoms with Gasteiger partial charge in [0.15, 0.2) is 6.61 Å². The van der Waals surface area contributed by atoms with Crippen LogP contribution in [-0.2, 0) is 16.1 Å². The molecule has 0 aliphatic heterocycles. The molecule has 0 spiro atoms. The number of aryl methyl sites for hydroxylation is 2. The van der Waals surface area contributed by atoms with Crippen molar-refractivity contribution in [3.05, 3.63) is 65.0 Å². The van der Waals surface area contributed by atoms with E-state index in [1.54, 1.807) is 19.1 Å². The number of ether oxygens (including phenoxy) is 1. The maximum Gasteiger partial charge on any atom is 0.261 e. The second-order valence-electron chi connectivity index (χ2n) is 8.43. The van der Waals surface area contributed by atoms with E-state index in [9.17, 15) is 14.0 Å². The van der Waals surface area contributed by atoms with Crippen molar-refractivity contribution >= 4 is 11.8 Å². The predicted octanol–water partition coefficient (Wildman–Crippen LogP) is 4.30. The van der Waals surface area contributed by atoms with Crippen LogP contribution in [0.25, 0.3) is 0 Å². The summed E-state index contributed by atoms with van der Waals surface area (Å²) in [6.45, 7) is 5.69. The van der Waals surface area contributed by atoms with Gasteiger partial charge < -0.3 is 15.0 Å². The van der Waals surface area contributed by atoms with Gasteiger partial charge in [-0.15, -0.1) is 0 Å². The fraction of sp³-hybridized carbons (Fsp3) is 0.440. The molecule has 166 valence electrons. The van der Waals surface area contributed by atoms with E-state index < -0.39 is 6.04 Å². The van der Waals surface area contributed by atoms with Crippen LogP contribution in [0.5, 0.6) is 5.75 Å². The third-order valence-corrected chi connectivity index (χ3v) is 5.69.